The molecule has 1 unspecified atom stereocenters. The number of carbonyl (C=O) groups excluding carboxylic acids is 3. The van der Waals surface area contributed by atoms with Crippen molar-refractivity contribution in [2.45, 2.75) is 52.0 Å². The highest BCUT2D eigenvalue weighted by atomic mass is 16.2. The number of amides is 4. The molecule has 24 heavy (non-hydrogen) atoms. The number of imide groups is 2. The smallest absolute Gasteiger partial charge is 0.273 e. The van der Waals surface area contributed by atoms with E-state index in [9.17, 15) is 14.4 Å². The molecular formula is C19H24N2O3. The SMILES string of the molecule is CC(C)C1C(=O)N(c2ccccc2)C(=O)N(C2CCCCC2)C1=O. The Kier molecular flexibility index (Phi) is 4.69. The van der Waals surface area contributed by atoms with E-state index >= 15 is 0 Å². The lowest BCUT2D eigenvalue weighted by molar-refractivity contribution is -0.144. The molecule has 1 aromatic carbocycles. The van der Waals surface area contributed by atoms with Crippen molar-refractivity contribution in [1.29, 1.82) is 0 Å². The van der Waals surface area contributed by atoms with E-state index in [-0.39, 0.29) is 17.9 Å². The first-order chi connectivity index (χ1) is 11.5. The Morgan fingerprint density at radius 1 is 0.917 bits per heavy atom. The Hall–Kier alpha value is -2.17. The molecule has 1 atom stereocenters. The van der Waals surface area contributed by atoms with Gasteiger partial charge in [0.2, 0.25) is 11.8 Å². The molecule has 1 aromatic rings. The summed E-state index contributed by atoms with van der Waals surface area (Å²) in [7, 11) is 0. The number of barbiturate groups is 1. The summed E-state index contributed by atoms with van der Waals surface area (Å²) in [5.74, 6) is -1.66. The van der Waals surface area contributed by atoms with Crippen LogP contribution in [-0.4, -0.2) is 28.8 Å². The fraction of sp³-hybridized carbons (Fsp3) is 0.526. The Bertz CT molecular complexity index is 635. The maximum Gasteiger partial charge on any atom is 0.338 e. The third-order valence-electron chi connectivity index (χ3n) is 5.01. The summed E-state index contributed by atoms with van der Waals surface area (Å²) in [4.78, 5) is 41.4. The zero-order valence-corrected chi connectivity index (χ0v) is 14.3. The first-order valence-electron chi connectivity index (χ1n) is 8.78. The Labute approximate surface area is 142 Å². The van der Waals surface area contributed by atoms with Crippen molar-refractivity contribution in [1.82, 2.24) is 4.90 Å². The second-order valence-electron chi connectivity index (χ2n) is 7.01. The minimum atomic E-state index is -0.787. The number of rotatable bonds is 3. The van der Waals surface area contributed by atoms with Crippen molar-refractivity contribution in [3.05, 3.63) is 30.3 Å². The average Bonchev–Trinajstić information content (AvgIpc) is 2.56. The van der Waals surface area contributed by atoms with Crippen LogP contribution in [-0.2, 0) is 9.59 Å². The first-order valence-corrected chi connectivity index (χ1v) is 8.78. The summed E-state index contributed by atoms with van der Waals surface area (Å²) in [5, 5.41) is 0. The average molecular weight is 328 g/mol. The van der Waals surface area contributed by atoms with E-state index in [0.717, 1.165) is 32.1 Å². The summed E-state index contributed by atoms with van der Waals surface area (Å²) in [6, 6.07) is 8.33. The second kappa shape index (κ2) is 6.75. The van der Waals surface area contributed by atoms with Crippen LogP contribution in [0.1, 0.15) is 46.0 Å². The minimum absolute atomic E-state index is 0.0840. The van der Waals surface area contributed by atoms with Gasteiger partial charge in [-0.15, -0.1) is 0 Å². The van der Waals surface area contributed by atoms with E-state index in [4.69, 9.17) is 0 Å². The molecule has 1 saturated heterocycles. The molecule has 1 heterocycles. The van der Waals surface area contributed by atoms with Crippen LogP contribution in [0.5, 0.6) is 0 Å². The maximum atomic E-state index is 13.0. The standard InChI is InChI=1S/C19H24N2O3/c1-13(2)16-17(22)20(14-9-5-3-6-10-14)19(24)21(18(16)23)15-11-7-4-8-12-15/h3,5-6,9-10,13,15-16H,4,7-8,11-12H2,1-2H3. The van der Waals surface area contributed by atoms with Crippen molar-refractivity contribution >= 4 is 23.5 Å². The predicted molar refractivity (Wildman–Crippen MR) is 91.4 cm³/mol. The van der Waals surface area contributed by atoms with Gasteiger partial charge in [-0.3, -0.25) is 14.5 Å². The van der Waals surface area contributed by atoms with Crippen LogP contribution in [0, 0.1) is 11.8 Å². The second-order valence-corrected chi connectivity index (χ2v) is 7.01. The fourth-order valence-corrected chi connectivity index (χ4v) is 3.75. The van der Waals surface area contributed by atoms with E-state index in [1.807, 2.05) is 19.9 Å². The van der Waals surface area contributed by atoms with Crippen LogP contribution in [0.15, 0.2) is 30.3 Å². The van der Waals surface area contributed by atoms with Gasteiger partial charge in [0.15, 0.2) is 0 Å². The molecule has 1 saturated carbocycles. The van der Waals surface area contributed by atoms with E-state index in [1.165, 1.54) is 9.80 Å². The maximum absolute atomic E-state index is 13.0. The van der Waals surface area contributed by atoms with Crippen molar-refractivity contribution in [2.75, 3.05) is 4.90 Å². The molecule has 128 valence electrons. The molecule has 3 rings (SSSR count). The first kappa shape index (κ1) is 16.7. The van der Waals surface area contributed by atoms with E-state index in [0.29, 0.717) is 5.69 Å². The molecule has 5 nitrogen and oxygen atoms in total. The zero-order valence-electron chi connectivity index (χ0n) is 14.3. The lowest BCUT2D eigenvalue weighted by atomic mass is 9.87. The Morgan fingerprint density at radius 2 is 1.54 bits per heavy atom. The van der Waals surface area contributed by atoms with E-state index in [1.54, 1.807) is 24.3 Å². The van der Waals surface area contributed by atoms with Crippen molar-refractivity contribution in [3.63, 3.8) is 0 Å². The summed E-state index contributed by atoms with van der Waals surface area (Å²) < 4.78 is 0. The normalized spacial score (nSPS) is 23.3. The van der Waals surface area contributed by atoms with Crippen molar-refractivity contribution < 1.29 is 14.4 Å². The summed E-state index contributed by atoms with van der Waals surface area (Å²) in [5.41, 5.74) is 0.534. The summed E-state index contributed by atoms with van der Waals surface area (Å²) in [6.45, 7) is 3.72. The summed E-state index contributed by atoms with van der Waals surface area (Å²) >= 11 is 0. The number of urea groups is 1. The lowest BCUT2D eigenvalue weighted by Crippen LogP contribution is -2.63. The number of para-hydroxylation sites is 1. The molecule has 0 bridgehead atoms. The van der Waals surface area contributed by atoms with Gasteiger partial charge in [-0.05, 0) is 30.9 Å². The molecule has 0 spiro atoms. The molecule has 1 aliphatic heterocycles. The molecule has 4 amide bonds. The van der Waals surface area contributed by atoms with Gasteiger partial charge in [-0.1, -0.05) is 51.3 Å². The molecule has 5 heteroatoms. The van der Waals surface area contributed by atoms with Crippen LogP contribution < -0.4 is 4.90 Å². The molecular weight excluding hydrogens is 304 g/mol. The van der Waals surface area contributed by atoms with Gasteiger partial charge in [0, 0.05) is 6.04 Å². The number of benzene rings is 1. The molecule has 2 fully saturated rings. The van der Waals surface area contributed by atoms with Crippen LogP contribution in [0.25, 0.3) is 0 Å². The van der Waals surface area contributed by atoms with Crippen LogP contribution >= 0.6 is 0 Å². The Balaban J connectivity index is 2.01. The molecule has 2 aliphatic rings. The number of hydrogen-bond donors (Lipinski definition) is 0. The lowest BCUT2D eigenvalue weighted by Gasteiger charge is -2.42. The third-order valence-corrected chi connectivity index (χ3v) is 5.01. The number of nitrogens with zero attached hydrogens (tertiary/aromatic N) is 2. The highest BCUT2D eigenvalue weighted by Crippen LogP contribution is 2.33. The quantitative estimate of drug-likeness (QED) is 0.797. The largest absolute Gasteiger partial charge is 0.338 e. The van der Waals surface area contributed by atoms with E-state index < -0.39 is 17.9 Å². The van der Waals surface area contributed by atoms with Gasteiger partial charge in [-0.25, -0.2) is 9.69 Å². The van der Waals surface area contributed by atoms with Gasteiger partial charge in [0.25, 0.3) is 0 Å². The molecule has 0 N–H and O–H groups in total. The van der Waals surface area contributed by atoms with Crippen LogP contribution in [0.2, 0.25) is 0 Å². The van der Waals surface area contributed by atoms with E-state index in [2.05, 4.69) is 0 Å². The summed E-state index contributed by atoms with van der Waals surface area (Å²) in [6.07, 6.45) is 4.85. The minimum Gasteiger partial charge on any atom is -0.273 e. The highest BCUT2D eigenvalue weighted by Gasteiger charge is 2.49. The van der Waals surface area contributed by atoms with Gasteiger partial charge in [0.05, 0.1) is 5.69 Å². The third kappa shape index (κ3) is 2.83. The van der Waals surface area contributed by atoms with Gasteiger partial charge < -0.3 is 0 Å². The fourth-order valence-electron chi connectivity index (χ4n) is 3.75. The van der Waals surface area contributed by atoms with Crippen LogP contribution in [0.3, 0.4) is 0 Å². The molecule has 0 aromatic heterocycles. The Morgan fingerprint density at radius 3 is 2.12 bits per heavy atom. The molecule has 1 aliphatic carbocycles. The van der Waals surface area contributed by atoms with Gasteiger partial charge in [-0.2, -0.15) is 0 Å². The monoisotopic (exact) mass is 328 g/mol. The van der Waals surface area contributed by atoms with Gasteiger partial charge in [0.1, 0.15) is 5.92 Å². The predicted octanol–water partition coefficient (Wildman–Crippen LogP) is 3.59. The zero-order chi connectivity index (χ0) is 17.3. The molecule has 0 radical (unpaired) electrons. The highest BCUT2D eigenvalue weighted by molar-refractivity contribution is 6.27. The number of hydrogen-bond acceptors (Lipinski definition) is 3. The number of anilines is 1. The van der Waals surface area contributed by atoms with Crippen molar-refractivity contribution in [3.8, 4) is 0 Å². The number of carbonyl (C=O) groups is 3. The topological polar surface area (TPSA) is 57.7 Å². The van der Waals surface area contributed by atoms with Crippen LogP contribution in [0.4, 0.5) is 10.5 Å². The van der Waals surface area contributed by atoms with Gasteiger partial charge >= 0.3 is 6.03 Å². The van der Waals surface area contributed by atoms with Crippen molar-refractivity contribution in [2.24, 2.45) is 11.8 Å².